The molecule has 0 aromatic carbocycles. The van der Waals surface area contributed by atoms with E-state index in [9.17, 15) is 0 Å². The number of nitrogen functional groups attached to an aromatic ring is 1. The minimum Gasteiger partial charge on any atom is -0.384 e. The number of rotatable bonds is 5. The molecule has 1 aromatic heterocycles. The lowest BCUT2D eigenvalue weighted by Crippen LogP contribution is -2.29. The van der Waals surface area contributed by atoms with Crippen LogP contribution in [0.25, 0.3) is 0 Å². The summed E-state index contributed by atoms with van der Waals surface area (Å²) >= 11 is 0. The SMILES string of the molecule is CCCN(CC1CC1)c1cc(N)nc(C(C)(C)C)n1. The highest BCUT2D eigenvalue weighted by atomic mass is 15.2. The predicted octanol–water partition coefficient (Wildman–Crippen LogP) is 2.98. The number of hydrogen-bond acceptors (Lipinski definition) is 4. The van der Waals surface area contributed by atoms with Gasteiger partial charge in [0.25, 0.3) is 0 Å². The molecule has 0 amide bonds. The van der Waals surface area contributed by atoms with Gasteiger partial charge >= 0.3 is 0 Å². The normalized spacial score (nSPS) is 15.6. The fourth-order valence-corrected chi connectivity index (χ4v) is 2.13. The predicted molar refractivity (Wildman–Crippen MR) is 80.4 cm³/mol. The molecule has 4 heteroatoms. The summed E-state index contributed by atoms with van der Waals surface area (Å²) in [5, 5.41) is 0. The Labute approximate surface area is 116 Å². The molecule has 1 saturated carbocycles. The average Bonchev–Trinajstić information content (AvgIpc) is 3.10. The zero-order valence-corrected chi connectivity index (χ0v) is 12.6. The maximum atomic E-state index is 5.96. The fraction of sp³-hybridized carbons (Fsp3) is 0.733. The molecule has 1 fully saturated rings. The standard InChI is InChI=1S/C15H26N4/c1-5-8-19(10-11-6-7-11)13-9-12(16)17-14(18-13)15(2,3)4/h9,11H,5-8,10H2,1-4H3,(H2,16,17,18). The second kappa shape index (κ2) is 5.35. The van der Waals surface area contributed by atoms with Gasteiger partial charge in [-0.2, -0.15) is 0 Å². The highest BCUT2D eigenvalue weighted by molar-refractivity contribution is 5.47. The molecule has 1 aliphatic rings. The van der Waals surface area contributed by atoms with Crippen molar-refractivity contribution in [2.75, 3.05) is 23.7 Å². The molecule has 1 aliphatic carbocycles. The van der Waals surface area contributed by atoms with Crippen LogP contribution in [0.1, 0.15) is 52.8 Å². The van der Waals surface area contributed by atoms with Crippen molar-refractivity contribution < 1.29 is 0 Å². The monoisotopic (exact) mass is 262 g/mol. The van der Waals surface area contributed by atoms with Crippen LogP contribution in [0.4, 0.5) is 11.6 Å². The molecule has 19 heavy (non-hydrogen) atoms. The number of anilines is 2. The molecular weight excluding hydrogens is 236 g/mol. The van der Waals surface area contributed by atoms with Crippen molar-refractivity contribution in [1.82, 2.24) is 9.97 Å². The van der Waals surface area contributed by atoms with E-state index in [1.807, 2.05) is 6.07 Å². The molecule has 0 spiro atoms. The molecular formula is C15H26N4. The van der Waals surface area contributed by atoms with Gasteiger partial charge in [0.15, 0.2) is 0 Å². The number of hydrogen-bond donors (Lipinski definition) is 1. The van der Waals surface area contributed by atoms with Crippen LogP contribution in [-0.2, 0) is 5.41 Å². The zero-order valence-electron chi connectivity index (χ0n) is 12.6. The third-order valence-corrected chi connectivity index (χ3v) is 3.40. The van der Waals surface area contributed by atoms with Crippen LogP contribution in [-0.4, -0.2) is 23.1 Å². The fourth-order valence-electron chi connectivity index (χ4n) is 2.13. The summed E-state index contributed by atoms with van der Waals surface area (Å²) < 4.78 is 0. The van der Waals surface area contributed by atoms with Gasteiger partial charge < -0.3 is 10.6 Å². The molecule has 0 saturated heterocycles. The second-order valence-electron chi connectivity index (χ2n) is 6.61. The van der Waals surface area contributed by atoms with E-state index < -0.39 is 0 Å². The van der Waals surface area contributed by atoms with E-state index in [0.29, 0.717) is 5.82 Å². The Morgan fingerprint density at radius 2 is 2.00 bits per heavy atom. The lowest BCUT2D eigenvalue weighted by atomic mass is 9.96. The van der Waals surface area contributed by atoms with E-state index in [-0.39, 0.29) is 5.41 Å². The summed E-state index contributed by atoms with van der Waals surface area (Å²) in [6.45, 7) is 10.7. The van der Waals surface area contributed by atoms with Crippen LogP contribution in [0.15, 0.2) is 6.07 Å². The molecule has 1 aromatic rings. The minimum atomic E-state index is -0.0679. The van der Waals surface area contributed by atoms with Gasteiger partial charge in [-0.3, -0.25) is 0 Å². The topological polar surface area (TPSA) is 55.0 Å². The summed E-state index contributed by atoms with van der Waals surface area (Å²) in [5.74, 6) is 3.25. The van der Waals surface area contributed by atoms with Gasteiger partial charge in [-0.25, -0.2) is 9.97 Å². The molecule has 1 heterocycles. The minimum absolute atomic E-state index is 0.0679. The first kappa shape index (κ1) is 14.1. The van der Waals surface area contributed by atoms with Gasteiger partial charge in [-0.15, -0.1) is 0 Å². The molecule has 2 N–H and O–H groups in total. The van der Waals surface area contributed by atoms with Crippen molar-refractivity contribution in [2.24, 2.45) is 5.92 Å². The Balaban J connectivity index is 2.27. The van der Waals surface area contributed by atoms with Gasteiger partial charge in [0.1, 0.15) is 17.5 Å². The molecule has 106 valence electrons. The summed E-state index contributed by atoms with van der Waals surface area (Å²) in [6.07, 6.45) is 3.83. The van der Waals surface area contributed by atoms with Crippen molar-refractivity contribution in [3.8, 4) is 0 Å². The van der Waals surface area contributed by atoms with E-state index in [1.165, 1.54) is 12.8 Å². The molecule has 0 unspecified atom stereocenters. The zero-order chi connectivity index (χ0) is 14.0. The van der Waals surface area contributed by atoms with Crippen LogP contribution in [0.3, 0.4) is 0 Å². The third kappa shape index (κ3) is 3.82. The molecule has 0 bridgehead atoms. The maximum Gasteiger partial charge on any atom is 0.138 e. The number of aromatic nitrogens is 2. The molecule has 4 nitrogen and oxygen atoms in total. The van der Waals surface area contributed by atoms with Gasteiger partial charge in [0, 0.05) is 24.6 Å². The van der Waals surface area contributed by atoms with Crippen molar-refractivity contribution >= 4 is 11.6 Å². The van der Waals surface area contributed by atoms with Crippen LogP contribution < -0.4 is 10.6 Å². The summed E-state index contributed by atoms with van der Waals surface area (Å²) in [4.78, 5) is 11.5. The van der Waals surface area contributed by atoms with Crippen LogP contribution in [0, 0.1) is 5.92 Å². The Hall–Kier alpha value is -1.32. The van der Waals surface area contributed by atoms with E-state index in [0.717, 1.165) is 37.1 Å². The maximum absolute atomic E-state index is 5.96. The van der Waals surface area contributed by atoms with Crippen molar-refractivity contribution in [3.63, 3.8) is 0 Å². The first-order chi connectivity index (χ1) is 8.90. The summed E-state index contributed by atoms with van der Waals surface area (Å²) in [7, 11) is 0. The van der Waals surface area contributed by atoms with Gasteiger partial charge in [0.2, 0.25) is 0 Å². The van der Waals surface area contributed by atoms with Crippen LogP contribution in [0.5, 0.6) is 0 Å². The van der Waals surface area contributed by atoms with E-state index in [1.54, 1.807) is 0 Å². The van der Waals surface area contributed by atoms with E-state index >= 15 is 0 Å². The third-order valence-electron chi connectivity index (χ3n) is 3.40. The number of nitrogens with zero attached hydrogens (tertiary/aromatic N) is 3. The van der Waals surface area contributed by atoms with Crippen LogP contribution >= 0.6 is 0 Å². The van der Waals surface area contributed by atoms with Gasteiger partial charge in [-0.05, 0) is 25.2 Å². The first-order valence-electron chi connectivity index (χ1n) is 7.30. The molecule has 2 rings (SSSR count). The van der Waals surface area contributed by atoms with E-state index in [2.05, 4.69) is 37.6 Å². The van der Waals surface area contributed by atoms with Crippen molar-refractivity contribution in [2.45, 2.75) is 52.4 Å². The van der Waals surface area contributed by atoms with Crippen molar-refractivity contribution in [1.29, 1.82) is 0 Å². The molecule has 0 radical (unpaired) electrons. The molecule has 0 atom stereocenters. The highest BCUT2D eigenvalue weighted by Gasteiger charge is 2.26. The Bertz CT molecular complexity index is 432. The van der Waals surface area contributed by atoms with Crippen molar-refractivity contribution in [3.05, 3.63) is 11.9 Å². The van der Waals surface area contributed by atoms with Crippen LogP contribution in [0.2, 0.25) is 0 Å². The summed E-state index contributed by atoms with van der Waals surface area (Å²) in [5.41, 5.74) is 5.89. The average molecular weight is 262 g/mol. The van der Waals surface area contributed by atoms with Gasteiger partial charge in [-0.1, -0.05) is 27.7 Å². The Kier molecular flexibility index (Phi) is 3.97. The Morgan fingerprint density at radius 1 is 1.32 bits per heavy atom. The first-order valence-corrected chi connectivity index (χ1v) is 7.30. The van der Waals surface area contributed by atoms with Gasteiger partial charge in [0.05, 0.1) is 0 Å². The largest absolute Gasteiger partial charge is 0.384 e. The highest BCUT2D eigenvalue weighted by Crippen LogP contribution is 2.32. The quantitative estimate of drug-likeness (QED) is 0.886. The number of nitrogens with two attached hydrogens (primary N) is 1. The lowest BCUT2D eigenvalue weighted by molar-refractivity contribution is 0.544. The second-order valence-corrected chi connectivity index (χ2v) is 6.61. The lowest BCUT2D eigenvalue weighted by Gasteiger charge is -2.25. The smallest absolute Gasteiger partial charge is 0.138 e. The molecule has 0 aliphatic heterocycles. The Morgan fingerprint density at radius 3 is 2.53 bits per heavy atom. The van der Waals surface area contributed by atoms with E-state index in [4.69, 9.17) is 10.7 Å². The summed E-state index contributed by atoms with van der Waals surface area (Å²) in [6, 6.07) is 1.91.